The highest BCUT2D eigenvalue weighted by Crippen LogP contribution is 2.44. The van der Waals surface area contributed by atoms with Gasteiger partial charge in [-0.1, -0.05) is 18.9 Å². The molecule has 0 aliphatic heterocycles. The highest BCUT2D eigenvalue weighted by atomic mass is 19.4. The van der Waals surface area contributed by atoms with Crippen LogP contribution in [0.5, 0.6) is 11.5 Å². The fraction of sp³-hybridized carbons (Fsp3) is 0.625. The second kappa shape index (κ2) is 5.43. The molecule has 2 aliphatic carbocycles. The molecule has 0 N–H and O–H groups in total. The highest BCUT2D eigenvalue weighted by molar-refractivity contribution is 5.51. The predicted octanol–water partition coefficient (Wildman–Crippen LogP) is 5.09. The standard InChI is InChI=1S/C16H19F3O2/c1-10-13(11-4-2-3-5-11)8-9-14(20-12-6-7-12)15(10)21-16(17,18)19/h8-9,11-12H,2-7H2,1H3. The van der Waals surface area contributed by atoms with E-state index in [0.29, 0.717) is 11.5 Å². The Morgan fingerprint density at radius 1 is 1.05 bits per heavy atom. The van der Waals surface area contributed by atoms with E-state index in [-0.39, 0.29) is 17.6 Å². The average molecular weight is 300 g/mol. The van der Waals surface area contributed by atoms with Gasteiger partial charge in [0.2, 0.25) is 0 Å². The number of benzene rings is 1. The molecule has 3 rings (SSSR count). The molecular formula is C16H19F3O2. The molecule has 0 unspecified atom stereocenters. The largest absolute Gasteiger partial charge is 0.573 e. The first kappa shape index (κ1) is 14.5. The van der Waals surface area contributed by atoms with E-state index >= 15 is 0 Å². The van der Waals surface area contributed by atoms with Gasteiger partial charge in [-0.05, 0) is 55.7 Å². The zero-order chi connectivity index (χ0) is 15.0. The molecule has 1 aromatic rings. The van der Waals surface area contributed by atoms with Gasteiger partial charge in [0, 0.05) is 0 Å². The molecule has 0 saturated heterocycles. The summed E-state index contributed by atoms with van der Waals surface area (Å²) in [4.78, 5) is 0. The second-order valence-electron chi connectivity index (χ2n) is 5.95. The lowest BCUT2D eigenvalue weighted by atomic mass is 9.93. The topological polar surface area (TPSA) is 18.5 Å². The van der Waals surface area contributed by atoms with Crippen LogP contribution in [0.1, 0.15) is 55.6 Å². The molecule has 2 saturated carbocycles. The smallest absolute Gasteiger partial charge is 0.487 e. The van der Waals surface area contributed by atoms with Crippen LogP contribution < -0.4 is 9.47 Å². The summed E-state index contributed by atoms with van der Waals surface area (Å²) in [6.07, 6.45) is 1.49. The second-order valence-corrected chi connectivity index (χ2v) is 5.95. The van der Waals surface area contributed by atoms with Crippen molar-refractivity contribution < 1.29 is 22.6 Å². The van der Waals surface area contributed by atoms with Crippen molar-refractivity contribution in [2.45, 2.75) is 63.8 Å². The molecule has 0 aromatic heterocycles. The maximum Gasteiger partial charge on any atom is 0.573 e. The molecule has 2 aliphatic rings. The van der Waals surface area contributed by atoms with E-state index in [9.17, 15) is 13.2 Å². The molecule has 5 heteroatoms. The van der Waals surface area contributed by atoms with Crippen LogP contribution in [-0.2, 0) is 0 Å². The lowest BCUT2D eigenvalue weighted by Crippen LogP contribution is -2.19. The van der Waals surface area contributed by atoms with E-state index in [1.165, 1.54) is 0 Å². The summed E-state index contributed by atoms with van der Waals surface area (Å²) < 4.78 is 47.9. The molecule has 0 amide bonds. The monoisotopic (exact) mass is 300 g/mol. The molecule has 2 nitrogen and oxygen atoms in total. The molecule has 21 heavy (non-hydrogen) atoms. The van der Waals surface area contributed by atoms with E-state index in [2.05, 4.69) is 4.74 Å². The van der Waals surface area contributed by atoms with Gasteiger partial charge in [0.1, 0.15) is 0 Å². The van der Waals surface area contributed by atoms with Gasteiger partial charge in [-0.2, -0.15) is 0 Å². The number of rotatable bonds is 4. The van der Waals surface area contributed by atoms with Crippen molar-refractivity contribution in [3.05, 3.63) is 23.3 Å². The Kier molecular flexibility index (Phi) is 3.76. The molecular weight excluding hydrogens is 281 g/mol. The minimum absolute atomic E-state index is 0.0392. The van der Waals surface area contributed by atoms with Crippen molar-refractivity contribution in [2.24, 2.45) is 0 Å². The SMILES string of the molecule is Cc1c(C2CCCC2)ccc(OC2CC2)c1OC(F)(F)F. The minimum Gasteiger partial charge on any atom is -0.487 e. The summed E-state index contributed by atoms with van der Waals surface area (Å²) in [5, 5.41) is 0. The van der Waals surface area contributed by atoms with Gasteiger partial charge in [0.25, 0.3) is 0 Å². The quantitative estimate of drug-likeness (QED) is 0.771. The van der Waals surface area contributed by atoms with Gasteiger partial charge in [-0.25, -0.2) is 0 Å². The summed E-state index contributed by atoms with van der Waals surface area (Å²) >= 11 is 0. The summed E-state index contributed by atoms with van der Waals surface area (Å²) in [7, 11) is 0. The van der Waals surface area contributed by atoms with Crippen LogP contribution in [0.25, 0.3) is 0 Å². The number of alkyl halides is 3. The molecule has 2 fully saturated rings. The predicted molar refractivity (Wildman–Crippen MR) is 72.7 cm³/mol. The number of halogens is 3. The van der Waals surface area contributed by atoms with E-state index in [1.807, 2.05) is 6.07 Å². The van der Waals surface area contributed by atoms with Crippen LogP contribution in [-0.4, -0.2) is 12.5 Å². The van der Waals surface area contributed by atoms with Gasteiger partial charge in [0.05, 0.1) is 6.10 Å². The molecule has 0 spiro atoms. The first-order valence-electron chi connectivity index (χ1n) is 7.50. The summed E-state index contributed by atoms with van der Waals surface area (Å²) in [5.41, 5.74) is 1.53. The minimum atomic E-state index is -4.69. The van der Waals surface area contributed by atoms with Crippen molar-refractivity contribution >= 4 is 0 Å². The zero-order valence-electron chi connectivity index (χ0n) is 12.0. The Bertz CT molecular complexity index is 515. The maximum absolute atomic E-state index is 12.7. The van der Waals surface area contributed by atoms with E-state index in [0.717, 1.165) is 44.1 Å². The molecule has 0 heterocycles. The van der Waals surface area contributed by atoms with E-state index < -0.39 is 6.36 Å². The number of hydrogen-bond donors (Lipinski definition) is 0. The maximum atomic E-state index is 12.7. The number of ether oxygens (including phenoxy) is 2. The lowest BCUT2D eigenvalue weighted by molar-refractivity contribution is -0.275. The first-order chi connectivity index (χ1) is 9.94. The van der Waals surface area contributed by atoms with Crippen molar-refractivity contribution in [1.29, 1.82) is 0 Å². The third kappa shape index (κ3) is 3.44. The lowest BCUT2D eigenvalue weighted by Gasteiger charge is -2.20. The highest BCUT2D eigenvalue weighted by Gasteiger charge is 2.35. The average Bonchev–Trinajstić information content (AvgIpc) is 3.04. The Morgan fingerprint density at radius 3 is 2.29 bits per heavy atom. The van der Waals surface area contributed by atoms with Crippen molar-refractivity contribution in [3.63, 3.8) is 0 Å². The third-order valence-electron chi connectivity index (χ3n) is 4.24. The molecule has 1 aromatic carbocycles. The Balaban J connectivity index is 1.94. The fourth-order valence-electron chi connectivity index (χ4n) is 3.06. The van der Waals surface area contributed by atoms with Crippen molar-refractivity contribution in [2.75, 3.05) is 0 Å². The van der Waals surface area contributed by atoms with Crippen LogP contribution >= 0.6 is 0 Å². The Morgan fingerprint density at radius 2 is 1.71 bits per heavy atom. The van der Waals surface area contributed by atoms with Gasteiger partial charge in [-0.15, -0.1) is 13.2 Å². The molecule has 0 bridgehead atoms. The normalized spacial score (nSPS) is 19.8. The number of hydrogen-bond acceptors (Lipinski definition) is 2. The summed E-state index contributed by atoms with van der Waals surface area (Å²) in [6.45, 7) is 1.70. The van der Waals surface area contributed by atoms with Crippen LogP contribution in [0.3, 0.4) is 0 Å². The van der Waals surface area contributed by atoms with Crippen molar-refractivity contribution in [3.8, 4) is 11.5 Å². The summed E-state index contributed by atoms with van der Waals surface area (Å²) in [5.74, 6) is 0.406. The Labute approximate surface area is 122 Å². The van der Waals surface area contributed by atoms with Gasteiger partial charge < -0.3 is 9.47 Å². The first-order valence-corrected chi connectivity index (χ1v) is 7.50. The molecule has 0 radical (unpaired) electrons. The third-order valence-corrected chi connectivity index (χ3v) is 4.24. The van der Waals surface area contributed by atoms with Crippen LogP contribution in [0, 0.1) is 6.92 Å². The van der Waals surface area contributed by atoms with Crippen LogP contribution in [0.2, 0.25) is 0 Å². The fourth-order valence-corrected chi connectivity index (χ4v) is 3.06. The van der Waals surface area contributed by atoms with Crippen LogP contribution in [0.4, 0.5) is 13.2 Å². The van der Waals surface area contributed by atoms with Crippen LogP contribution in [0.15, 0.2) is 12.1 Å². The van der Waals surface area contributed by atoms with Crippen molar-refractivity contribution in [1.82, 2.24) is 0 Å². The zero-order valence-corrected chi connectivity index (χ0v) is 12.0. The van der Waals surface area contributed by atoms with Gasteiger partial charge >= 0.3 is 6.36 Å². The van der Waals surface area contributed by atoms with Gasteiger partial charge in [0.15, 0.2) is 11.5 Å². The van der Waals surface area contributed by atoms with E-state index in [4.69, 9.17) is 4.74 Å². The Hall–Kier alpha value is -1.39. The van der Waals surface area contributed by atoms with Gasteiger partial charge in [-0.3, -0.25) is 0 Å². The molecule has 116 valence electrons. The van der Waals surface area contributed by atoms with E-state index in [1.54, 1.807) is 13.0 Å². The summed E-state index contributed by atoms with van der Waals surface area (Å²) in [6, 6.07) is 3.55. The molecule has 0 atom stereocenters.